The molecule has 0 radical (unpaired) electrons. The fourth-order valence-electron chi connectivity index (χ4n) is 3.35. The Labute approximate surface area is 177 Å². The molecule has 0 aliphatic carbocycles. The quantitative estimate of drug-likeness (QED) is 0.434. The molecular weight excluding hydrogens is 417 g/mol. The summed E-state index contributed by atoms with van der Waals surface area (Å²) in [5.74, 6) is 0.394. The van der Waals surface area contributed by atoms with Gasteiger partial charge in [0.15, 0.2) is 0 Å². The second kappa shape index (κ2) is 8.68. The Bertz CT molecular complexity index is 1060. The first-order chi connectivity index (χ1) is 14.1. The number of benzene rings is 2. The first-order valence-corrected chi connectivity index (χ1v) is 10.1. The maximum Gasteiger partial charge on any atom is 0.417 e. The number of ether oxygens (including phenoxy) is 1. The minimum Gasteiger partial charge on any atom is -0.462 e. The first kappa shape index (κ1) is 22.2. The predicted molar refractivity (Wildman–Crippen MR) is 110 cm³/mol. The highest BCUT2D eigenvalue weighted by molar-refractivity contribution is 6.32. The average molecular weight is 439 g/mol. The number of aromatic nitrogens is 2. The number of rotatable bonds is 6. The lowest BCUT2D eigenvalue weighted by atomic mass is 10.1. The van der Waals surface area contributed by atoms with Gasteiger partial charge in [0.2, 0.25) is 0 Å². The van der Waals surface area contributed by atoms with Gasteiger partial charge in [0.05, 0.1) is 21.6 Å². The van der Waals surface area contributed by atoms with Crippen molar-refractivity contribution in [2.24, 2.45) is 0 Å². The monoisotopic (exact) mass is 438 g/mol. The number of fused-ring (bicyclic) bond motifs is 1. The zero-order chi connectivity index (χ0) is 22.1. The minimum absolute atomic E-state index is 0.243. The van der Waals surface area contributed by atoms with Crippen molar-refractivity contribution >= 4 is 28.6 Å². The molecule has 3 rings (SSSR count). The summed E-state index contributed by atoms with van der Waals surface area (Å²) < 4.78 is 46.7. The van der Waals surface area contributed by atoms with Crippen molar-refractivity contribution in [3.63, 3.8) is 0 Å². The summed E-state index contributed by atoms with van der Waals surface area (Å²) in [7, 11) is 0. The molecule has 30 heavy (non-hydrogen) atoms. The molecule has 2 aromatic carbocycles. The number of hydrogen-bond acceptors (Lipinski definition) is 3. The second-order valence-corrected chi connectivity index (χ2v) is 7.47. The number of imidazole rings is 1. The number of nitrogens with zero attached hydrogens (tertiary/aromatic N) is 2. The Morgan fingerprint density at radius 1 is 1.20 bits per heavy atom. The average Bonchev–Trinajstić information content (AvgIpc) is 3.04. The summed E-state index contributed by atoms with van der Waals surface area (Å²) in [5, 5.41) is -0.359. The van der Waals surface area contributed by atoms with Gasteiger partial charge in [0.25, 0.3) is 0 Å². The molecule has 3 aromatic rings. The van der Waals surface area contributed by atoms with Gasteiger partial charge in [-0.25, -0.2) is 4.98 Å². The van der Waals surface area contributed by atoms with Crippen LogP contribution in [0.15, 0.2) is 36.4 Å². The third-order valence-corrected chi connectivity index (χ3v) is 5.09. The van der Waals surface area contributed by atoms with E-state index in [9.17, 15) is 18.0 Å². The van der Waals surface area contributed by atoms with E-state index in [0.29, 0.717) is 30.6 Å². The molecule has 0 aliphatic heterocycles. The van der Waals surface area contributed by atoms with Crippen LogP contribution in [-0.4, -0.2) is 21.6 Å². The Morgan fingerprint density at radius 3 is 2.43 bits per heavy atom. The molecule has 1 aromatic heterocycles. The van der Waals surface area contributed by atoms with Gasteiger partial charge in [-0.05, 0) is 36.8 Å². The Hall–Kier alpha value is -2.54. The lowest BCUT2D eigenvalue weighted by Gasteiger charge is -2.14. The van der Waals surface area contributed by atoms with Gasteiger partial charge < -0.3 is 4.74 Å². The van der Waals surface area contributed by atoms with E-state index in [1.54, 1.807) is 6.92 Å². The summed E-state index contributed by atoms with van der Waals surface area (Å²) in [4.78, 5) is 15.8. The highest BCUT2D eigenvalue weighted by Crippen LogP contribution is 2.37. The Balaban J connectivity index is 1.96. The maximum absolute atomic E-state index is 13.2. The van der Waals surface area contributed by atoms with E-state index >= 15 is 0 Å². The van der Waals surface area contributed by atoms with Crippen LogP contribution in [0.3, 0.4) is 0 Å². The van der Waals surface area contributed by atoms with Crippen LogP contribution >= 0.6 is 11.6 Å². The van der Waals surface area contributed by atoms with Crippen molar-refractivity contribution in [3.05, 3.63) is 58.4 Å². The lowest BCUT2D eigenvalue weighted by Crippen LogP contribution is -2.16. The largest absolute Gasteiger partial charge is 0.462 e. The summed E-state index contributed by atoms with van der Waals surface area (Å²) >= 11 is 5.93. The van der Waals surface area contributed by atoms with Crippen molar-refractivity contribution in [1.29, 1.82) is 0 Å². The Morgan fingerprint density at radius 2 is 1.87 bits per heavy atom. The van der Waals surface area contributed by atoms with Gasteiger partial charge in [-0.15, -0.1) is 0 Å². The van der Waals surface area contributed by atoms with Crippen LogP contribution in [0.25, 0.3) is 16.7 Å². The number of hydrogen-bond donors (Lipinski definition) is 0. The topological polar surface area (TPSA) is 44.1 Å². The molecule has 0 N–H and O–H groups in total. The standard InChI is InChI=1S/C22H22ClF3N2O2/c1-4-20-27-18-11-16(22(24,25)26)17(23)12-19(18)28(20)15-8-6-14(7-9-15)10-13(3)30-21(29)5-2/h6-9,11-13H,4-5,10H2,1-3H3. The van der Waals surface area contributed by atoms with E-state index < -0.39 is 11.7 Å². The molecule has 4 nitrogen and oxygen atoms in total. The zero-order valence-electron chi connectivity index (χ0n) is 16.9. The highest BCUT2D eigenvalue weighted by atomic mass is 35.5. The van der Waals surface area contributed by atoms with Crippen LogP contribution in [0.4, 0.5) is 13.2 Å². The smallest absolute Gasteiger partial charge is 0.417 e. The molecule has 1 unspecified atom stereocenters. The number of halogens is 4. The molecule has 0 spiro atoms. The van der Waals surface area contributed by atoms with Gasteiger partial charge in [-0.1, -0.05) is 37.6 Å². The minimum atomic E-state index is -4.54. The van der Waals surface area contributed by atoms with Crippen molar-refractivity contribution in [3.8, 4) is 5.69 Å². The number of carbonyl (C=O) groups is 1. The van der Waals surface area contributed by atoms with Gasteiger partial charge in [-0.2, -0.15) is 13.2 Å². The molecule has 0 bridgehead atoms. The second-order valence-electron chi connectivity index (χ2n) is 7.06. The third-order valence-electron chi connectivity index (χ3n) is 4.77. The van der Waals surface area contributed by atoms with Crippen molar-refractivity contribution in [1.82, 2.24) is 9.55 Å². The van der Waals surface area contributed by atoms with Crippen LogP contribution in [0, 0.1) is 0 Å². The first-order valence-electron chi connectivity index (χ1n) is 9.70. The van der Waals surface area contributed by atoms with Gasteiger partial charge >= 0.3 is 12.1 Å². The van der Waals surface area contributed by atoms with E-state index in [4.69, 9.17) is 16.3 Å². The zero-order valence-corrected chi connectivity index (χ0v) is 17.6. The molecule has 1 heterocycles. The predicted octanol–water partition coefficient (Wildman–Crippen LogP) is 6.14. The fraction of sp³-hybridized carbons (Fsp3) is 0.364. The molecule has 0 saturated carbocycles. The van der Waals surface area contributed by atoms with E-state index in [2.05, 4.69) is 4.98 Å². The molecule has 0 aliphatic rings. The number of alkyl halides is 3. The van der Waals surface area contributed by atoms with E-state index in [-0.39, 0.29) is 22.6 Å². The van der Waals surface area contributed by atoms with Crippen LogP contribution < -0.4 is 0 Å². The molecule has 0 amide bonds. The summed E-state index contributed by atoms with van der Waals surface area (Å²) in [6.07, 6.45) is -3.35. The molecule has 1 atom stereocenters. The molecule has 160 valence electrons. The van der Waals surface area contributed by atoms with Gasteiger partial charge in [-0.3, -0.25) is 9.36 Å². The number of esters is 1. The van der Waals surface area contributed by atoms with Crippen molar-refractivity contribution in [2.75, 3.05) is 0 Å². The SMILES string of the molecule is CCC(=O)OC(C)Cc1ccc(-n2c(CC)nc3cc(C(F)(F)F)c(Cl)cc32)cc1. The highest BCUT2D eigenvalue weighted by Gasteiger charge is 2.34. The number of carbonyl (C=O) groups excluding carboxylic acids is 1. The normalized spacial score (nSPS) is 12.9. The maximum atomic E-state index is 13.2. The summed E-state index contributed by atoms with van der Waals surface area (Å²) in [6, 6.07) is 9.85. The summed E-state index contributed by atoms with van der Waals surface area (Å²) in [5.41, 5.74) is 1.62. The van der Waals surface area contributed by atoms with E-state index in [1.807, 2.05) is 42.7 Å². The van der Waals surface area contributed by atoms with Crippen LogP contribution in [0.1, 0.15) is 44.1 Å². The van der Waals surface area contributed by atoms with Crippen molar-refractivity contribution in [2.45, 2.75) is 52.3 Å². The molecule has 0 fully saturated rings. The van der Waals surface area contributed by atoms with Crippen molar-refractivity contribution < 1.29 is 22.7 Å². The Kier molecular flexibility index (Phi) is 6.41. The van der Waals surface area contributed by atoms with Gasteiger partial charge in [0, 0.05) is 24.9 Å². The van der Waals surface area contributed by atoms with Crippen LogP contribution in [-0.2, 0) is 28.5 Å². The fourth-order valence-corrected chi connectivity index (χ4v) is 3.62. The molecule has 0 saturated heterocycles. The summed E-state index contributed by atoms with van der Waals surface area (Å²) in [6.45, 7) is 5.47. The number of aryl methyl sites for hydroxylation is 1. The van der Waals surface area contributed by atoms with E-state index in [0.717, 1.165) is 17.3 Å². The van der Waals surface area contributed by atoms with E-state index in [1.165, 1.54) is 6.07 Å². The lowest BCUT2D eigenvalue weighted by molar-refractivity contribution is -0.147. The molecular formula is C22H22ClF3N2O2. The van der Waals surface area contributed by atoms with Gasteiger partial charge in [0.1, 0.15) is 11.9 Å². The van der Waals surface area contributed by atoms with Crippen LogP contribution in [0.2, 0.25) is 5.02 Å². The third kappa shape index (κ3) is 4.61. The molecule has 8 heteroatoms. The van der Waals surface area contributed by atoms with Crippen LogP contribution in [0.5, 0.6) is 0 Å².